The standard InChI is InChI=1S/C28H44N2O6/c1-18(2)5-6-23-27(3,36-23)25-24(32-4)22(7-9-28(25)17-34-28)35-26(31)30-11-19(12-30)8-10-29-13-20-15-33-16-21(20)14-29/h5,19-25H,6-17H2,1-4H3/t20-,21+,22-,23-,24-,25?,27+,28+/m1/s1. The molecule has 0 bridgehead atoms. The van der Waals surface area contributed by atoms with Crippen LogP contribution in [0.1, 0.15) is 46.5 Å². The molecule has 1 aliphatic carbocycles. The highest BCUT2D eigenvalue weighted by molar-refractivity contribution is 5.69. The van der Waals surface area contributed by atoms with Gasteiger partial charge in [-0.3, -0.25) is 0 Å². The molecule has 0 aromatic carbocycles. The largest absolute Gasteiger partial charge is 0.443 e. The summed E-state index contributed by atoms with van der Waals surface area (Å²) in [5, 5.41) is 0. The van der Waals surface area contributed by atoms with E-state index in [1.165, 1.54) is 18.7 Å². The van der Waals surface area contributed by atoms with Crippen molar-refractivity contribution >= 4 is 6.09 Å². The fourth-order valence-electron chi connectivity index (χ4n) is 7.51. The third-order valence-electron chi connectivity index (χ3n) is 9.87. The van der Waals surface area contributed by atoms with E-state index in [1.54, 1.807) is 7.11 Å². The molecule has 8 heteroatoms. The second-order valence-electron chi connectivity index (χ2n) is 12.7. The predicted molar refractivity (Wildman–Crippen MR) is 134 cm³/mol. The lowest BCUT2D eigenvalue weighted by atomic mass is 9.68. The lowest BCUT2D eigenvalue weighted by molar-refractivity contribution is -0.124. The Labute approximate surface area is 215 Å². The number of methoxy groups -OCH3 is 1. The zero-order chi connectivity index (χ0) is 25.1. The first-order valence-electron chi connectivity index (χ1n) is 14.0. The van der Waals surface area contributed by atoms with Gasteiger partial charge in [0.15, 0.2) is 0 Å². The van der Waals surface area contributed by atoms with Gasteiger partial charge in [0, 0.05) is 45.1 Å². The van der Waals surface area contributed by atoms with Gasteiger partial charge in [-0.15, -0.1) is 0 Å². The SMILES string of the molecule is CO[C@H]1C([C@@]2(C)O[C@@H]2CC=C(C)C)[C@]2(CC[C@H]1OC(=O)N1CC(CCN3C[C@H]4COC[C@H]4C3)C1)CO2. The number of carbonyl (C=O) groups excluding carboxylic acids is 1. The number of amides is 1. The fraction of sp³-hybridized carbons (Fsp3) is 0.893. The number of epoxide rings is 2. The maximum atomic E-state index is 13.0. The molecule has 5 saturated heterocycles. The molecule has 0 radical (unpaired) electrons. The summed E-state index contributed by atoms with van der Waals surface area (Å²) < 4.78 is 30.0. The lowest BCUT2D eigenvalue weighted by Crippen LogP contribution is -2.57. The number of ether oxygens (including phenoxy) is 5. The highest BCUT2D eigenvalue weighted by atomic mass is 16.6. The quantitative estimate of drug-likeness (QED) is 0.371. The molecule has 6 fully saturated rings. The molecule has 6 rings (SSSR count). The van der Waals surface area contributed by atoms with Crippen molar-refractivity contribution in [2.45, 2.75) is 76.0 Å². The van der Waals surface area contributed by atoms with E-state index in [2.05, 4.69) is 31.7 Å². The van der Waals surface area contributed by atoms with Crippen molar-refractivity contribution in [1.29, 1.82) is 0 Å². The molecule has 5 aliphatic heterocycles. The molecular formula is C28H44N2O6. The van der Waals surface area contributed by atoms with Crippen molar-refractivity contribution in [3.05, 3.63) is 11.6 Å². The maximum absolute atomic E-state index is 13.0. The van der Waals surface area contributed by atoms with Crippen LogP contribution in [-0.2, 0) is 23.7 Å². The molecule has 8 atom stereocenters. The number of fused-ring (bicyclic) bond motifs is 1. The van der Waals surface area contributed by atoms with E-state index in [0.29, 0.717) is 5.92 Å². The minimum absolute atomic E-state index is 0.0617. The van der Waals surface area contributed by atoms with Crippen LogP contribution in [0.2, 0.25) is 0 Å². The summed E-state index contributed by atoms with van der Waals surface area (Å²) in [5.74, 6) is 2.10. The number of hydrogen-bond donors (Lipinski definition) is 0. The van der Waals surface area contributed by atoms with Crippen LogP contribution in [0.5, 0.6) is 0 Å². The van der Waals surface area contributed by atoms with Gasteiger partial charge < -0.3 is 33.5 Å². The monoisotopic (exact) mass is 504 g/mol. The summed E-state index contributed by atoms with van der Waals surface area (Å²) in [6.45, 7) is 14.1. The summed E-state index contributed by atoms with van der Waals surface area (Å²) in [4.78, 5) is 17.5. The molecule has 1 spiro atoms. The molecule has 5 heterocycles. The summed E-state index contributed by atoms with van der Waals surface area (Å²) in [6, 6.07) is 0. The Hall–Kier alpha value is -1.19. The second kappa shape index (κ2) is 9.53. The molecule has 0 aromatic rings. The van der Waals surface area contributed by atoms with E-state index in [1.807, 2.05) is 4.90 Å². The van der Waals surface area contributed by atoms with E-state index in [9.17, 15) is 4.79 Å². The third kappa shape index (κ3) is 4.62. The molecule has 36 heavy (non-hydrogen) atoms. The van der Waals surface area contributed by atoms with Gasteiger partial charge in [0.1, 0.15) is 23.4 Å². The minimum atomic E-state index is -0.309. The summed E-state index contributed by atoms with van der Waals surface area (Å²) >= 11 is 0. The van der Waals surface area contributed by atoms with Crippen LogP contribution >= 0.6 is 0 Å². The van der Waals surface area contributed by atoms with Crippen LogP contribution in [0.4, 0.5) is 4.79 Å². The Morgan fingerprint density at radius 1 is 1.14 bits per heavy atom. The first-order valence-corrected chi connectivity index (χ1v) is 14.0. The number of allylic oxidation sites excluding steroid dienone is 1. The first-order chi connectivity index (χ1) is 17.3. The van der Waals surface area contributed by atoms with Gasteiger partial charge in [-0.1, -0.05) is 11.6 Å². The maximum Gasteiger partial charge on any atom is 0.410 e. The van der Waals surface area contributed by atoms with Crippen LogP contribution in [0.3, 0.4) is 0 Å². The normalized spacial score (nSPS) is 43.8. The molecule has 0 N–H and O–H groups in total. The molecular weight excluding hydrogens is 460 g/mol. The summed E-state index contributed by atoms with van der Waals surface area (Å²) in [6.07, 6.45) is 5.42. The van der Waals surface area contributed by atoms with Gasteiger partial charge in [-0.25, -0.2) is 4.79 Å². The van der Waals surface area contributed by atoms with Gasteiger partial charge in [-0.2, -0.15) is 0 Å². The van der Waals surface area contributed by atoms with Crippen molar-refractivity contribution in [2.24, 2.45) is 23.7 Å². The zero-order valence-electron chi connectivity index (χ0n) is 22.4. The molecule has 202 valence electrons. The Balaban J connectivity index is 0.997. The van der Waals surface area contributed by atoms with Crippen LogP contribution < -0.4 is 0 Å². The molecule has 1 unspecified atom stereocenters. The minimum Gasteiger partial charge on any atom is -0.443 e. The Kier molecular flexibility index (Phi) is 6.64. The second-order valence-corrected chi connectivity index (χ2v) is 12.7. The topological polar surface area (TPSA) is 76.3 Å². The smallest absolute Gasteiger partial charge is 0.410 e. The third-order valence-corrected chi connectivity index (χ3v) is 9.87. The van der Waals surface area contributed by atoms with Gasteiger partial charge in [0.2, 0.25) is 0 Å². The fourth-order valence-corrected chi connectivity index (χ4v) is 7.51. The van der Waals surface area contributed by atoms with E-state index >= 15 is 0 Å². The summed E-state index contributed by atoms with van der Waals surface area (Å²) in [7, 11) is 1.73. The van der Waals surface area contributed by atoms with E-state index in [0.717, 1.165) is 77.0 Å². The number of carbonyl (C=O) groups is 1. The van der Waals surface area contributed by atoms with Crippen LogP contribution in [0.15, 0.2) is 11.6 Å². The Morgan fingerprint density at radius 2 is 1.86 bits per heavy atom. The first kappa shape index (κ1) is 25.1. The Morgan fingerprint density at radius 3 is 2.50 bits per heavy atom. The summed E-state index contributed by atoms with van der Waals surface area (Å²) in [5.41, 5.74) is 0.797. The number of likely N-dealkylation sites (tertiary alicyclic amines) is 2. The number of hydrogen-bond acceptors (Lipinski definition) is 7. The molecule has 1 amide bonds. The van der Waals surface area contributed by atoms with E-state index in [4.69, 9.17) is 23.7 Å². The van der Waals surface area contributed by atoms with Crippen molar-refractivity contribution < 1.29 is 28.5 Å². The average molecular weight is 505 g/mol. The van der Waals surface area contributed by atoms with Crippen molar-refractivity contribution in [3.63, 3.8) is 0 Å². The zero-order valence-corrected chi connectivity index (χ0v) is 22.4. The molecule has 1 saturated carbocycles. The predicted octanol–water partition coefficient (Wildman–Crippen LogP) is 3.10. The number of nitrogens with zero attached hydrogens (tertiary/aromatic N) is 2. The van der Waals surface area contributed by atoms with Crippen LogP contribution in [-0.4, -0.2) is 105 Å². The van der Waals surface area contributed by atoms with Gasteiger partial charge >= 0.3 is 6.09 Å². The highest BCUT2D eigenvalue weighted by Crippen LogP contribution is 2.59. The van der Waals surface area contributed by atoms with Gasteiger partial charge in [0.05, 0.1) is 31.8 Å². The Bertz CT molecular complexity index is 854. The molecule has 8 nitrogen and oxygen atoms in total. The van der Waals surface area contributed by atoms with Gasteiger partial charge in [0.25, 0.3) is 0 Å². The molecule has 6 aliphatic rings. The van der Waals surface area contributed by atoms with E-state index in [-0.39, 0.29) is 41.5 Å². The van der Waals surface area contributed by atoms with Crippen LogP contribution in [0, 0.1) is 23.7 Å². The molecule has 0 aromatic heterocycles. The van der Waals surface area contributed by atoms with Crippen molar-refractivity contribution in [2.75, 3.05) is 59.7 Å². The van der Waals surface area contributed by atoms with E-state index < -0.39 is 0 Å². The average Bonchev–Trinajstić information content (AvgIpc) is 3.60. The van der Waals surface area contributed by atoms with Crippen molar-refractivity contribution in [1.82, 2.24) is 9.80 Å². The van der Waals surface area contributed by atoms with Gasteiger partial charge in [-0.05, 0) is 58.9 Å². The van der Waals surface area contributed by atoms with Crippen molar-refractivity contribution in [3.8, 4) is 0 Å². The van der Waals surface area contributed by atoms with Crippen LogP contribution in [0.25, 0.3) is 0 Å². The number of rotatable bonds is 8. The lowest BCUT2D eigenvalue weighted by Gasteiger charge is -2.44. The highest BCUT2D eigenvalue weighted by Gasteiger charge is 2.72.